The van der Waals surface area contributed by atoms with E-state index in [0.29, 0.717) is 0 Å². The molecule has 114 valence electrons. The molecule has 0 aliphatic carbocycles. The first-order chi connectivity index (χ1) is 9.30. The van der Waals surface area contributed by atoms with Crippen LogP contribution < -0.4 is 0 Å². The zero-order valence-electron chi connectivity index (χ0n) is 13.3. The van der Waals surface area contributed by atoms with Crippen LogP contribution in [0.4, 0.5) is 0 Å². The number of hydrogen-bond donors (Lipinski definition) is 0. The van der Waals surface area contributed by atoms with E-state index < -0.39 is 5.41 Å². The van der Waals surface area contributed by atoms with E-state index in [1.165, 1.54) is 0 Å². The smallest absolute Gasteiger partial charge is 0.245 e. The lowest BCUT2D eigenvalue weighted by Crippen LogP contribution is -2.52. The van der Waals surface area contributed by atoms with Gasteiger partial charge in [0.05, 0.1) is 0 Å². The lowest BCUT2D eigenvalue weighted by atomic mass is 9.94. The molecule has 4 nitrogen and oxygen atoms in total. The van der Waals surface area contributed by atoms with Crippen LogP contribution in [0.3, 0.4) is 0 Å². The van der Waals surface area contributed by atoms with Gasteiger partial charge in [-0.2, -0.15) is 0 Å². The zero-order valence-corrected chi connectivity index (χ0v) is 13.3. The van der Waals surface area contributed by atoms with E-state index >= 15 is 0 Å². The molecule has 0 aromatic carbocycles. The third-order valence-electron chi connectivity index (χ3n) is 4.54. The van der Waals surface area contributed by atoms with E-state index in [0.717, 1.165) is 51.2 Å². The average Bonchev–Trinajstić information content (AvgIpc) is 2.85. The molecule has 0 radical (unpaired) electrons. The molecule has 2 amide bonds. The first-order valence-electron chi connectivity index (χ1n) is 7.90. The number of carbonyl (C=O) groups excluding carboxylic acids is 2. The van der Waals surface area contributed by atoms with E-state index in [4.69, 9.17) is 0 Å². The Morgan fingerprint density at radius 3 is 2.15 bits per heavy atom. The number of carbonyl (C=O) groups is 2. The molecule has 2 aliphatic heterocycles. The third kappa shape index (κ3) is 3.15. The maximum Gasteiger partial charge on any atom is 0.245 e. The number of amides is 2. The van der Waals surface area contributed by atoms with Gasteiger partial charge in [0, 0.05) is 25.0 Å². The summed E-state index contributed by atoms with van der Waals surface area (Å²) in [4.78, 5) is 28.9. The monoisotopic (exact) mass is 280 g/mol. The summed E-state index contributed by atoms with van der Waals surface area (Å²) in [7, 11) is 0. The molecule has 0 aromatic heterocycles. The van der Waals surface area contributed by atoms with Crippen LogP contribution in [0.25, 0.3) is 0 Å². The highest BCUT2D eigenvalue weighted by molar-refractivity contribution is 5.90. The Hall–Kier alpha value is -1.06. The van der Waals surface area contributed by atoms with Gasteiger partial charge in [0.1, 0.15) is 6.04 Å². The molecule has 0 spiro atoms. The molecule has 2 fully saturated rings. The Bertz CT molecular complexity index is 378. The van der Waals surface area contributed by atoms with Crippen molar-refractivity contribution in [3.8, 4) is 0 Å². The van der Waals surface area contributed by atoms with Crippen LogP contribution in [0.2, 0.25) is 0 Å². The fraction of sp³-hybridized carbons (Fsp3) is 0.875. The minimum Gasteiger partial charge on any atom is -0.341 e. The lowest BCUT2D eigenvalue weighted by molar-refractivity contribution is -0.149. The summed E-state index contributed by atoms with van der Waals surface area (Å²) in [6.07, 6.45) is 3.95. The van der Waals surface area contributed by atoms with Crippen molar-refractivity contribution < 1.29 is 9.59 Å². The molecular weight excluding hydrogens is 252 g/mol. The van der Waals surface area contributed by atoms with Gasteiger partial charge >= 0.3 is 0 Å². The topological polar surface area (TPSA) is 40.6 Å². The molecule has 0 N–H and O–H groups in total. The predicted molar refractivity (Wildman–Crippen MR) is 79.2 cm³/mol. The first-order valence-corrected chi connectivity index (χ1v) is 7.90. The van der Waals surface area contributed by atoms with Crippen LogP contribution in [0.5, 0.6) is 0 Å². The van der Waals surface area contributed by atoms with Crippen molar-refractivity contribution in [3.63, 3.8) is 0 Å². The van der Waals surface area contributed by atoms with Gasteiger partial charge in [-0.25, -0.2) is 0 Å². The third-order valence-corrected chi connectivity index (χ3v) is 4.54. The van der Waals surface area contributed by atoms with Crippen molar-refractivity contribution >= 4 is 11.8 Å². The van der Waals surface area contributed by atoms with E-state index in [1.807, 2.05) is 30.6 Å². The van der Waals surface area contributed by atoms with E-state index in [9.17, 15) is 9.59 Å². The van der Waals surface area contributed by atoms with Crippen molar-refractivity contribution in [2.45, 2.75) is 59.4 Å². The van der Waals surface area contributed by atoms with Gasteiger partial charge in [0.25, 0.3) is 0 Å². The van der Waals surface area contributed by atoms with Crippen molar-refractivity contribution in [2.24, 2.45) is 11.3 Å². The van der Waals surface area contributed by atoms with Gasteiger partial charge < -0.3 is 9.80 Å². The van der Waals surface area contributed by atoms with Crippen LogP contribution in [-0.4, -0.2) is 47.3 Å². The Balaban J connectivity index is 2.03. The summed E-state index contributed by atoms with van der Waals surface area (Å²) in [6.45, 7) is 10.5. The molecule has 2 saturated heterocycles. The summed E-state index contributed by atoms with van der Waals surface area (Å²) in [5.41, 5.74) is -0.403. The van der Waals surface area contributed by atoms with E-state index in [2.05, 4.69) is 6.92 Å². The zero-order chi connectivity index (χ0) is 14.9. The molecular formula is C16H28N2O2. The molecule has 2 rings (SSSR count). The van der Waals surface area contributed by atoms with Gasteiger partial charge in [0.15, 0.2) is 0 Å². The Kier molecular flexibility index (Phi) is 4.40. The van der Waals surface area contributed by atoms with Crippen LogP contribution in [0.15, 0.2) is 0 Å². The SMILES string of the molecule is CC1CCN(C(=O)[C@@H]2CCCN2C(=O)C(C)(C)C)CC1. The standard InChI is InChI=1S/C16H28N2O2/c1-12-7-10-17(11-8-12)14(19)13-6-5-9-18(13)15(20)16(2,3)4/h12-13H,5-11H2,1-4H3/t13-/m0/s1. The summed E-state index contributed by atoms with van der Waals surface area (Å²) in [6, 6.07) is -0.213. The highest BCUT2D eigenvalue weighted by atomic mass is 16.2. The number of hydrogen-bond acceptors (Lipinski definition) is 2. The van der Waals surface area contributed by atoms with Crippen molar-refractivity contribution in [3.05, 3.63) is 0 Å². The minimum absolute atomic E-state index is 0.110. The molecule has 0 unspecified atom stereocenters. The van der Waals surface area contributed by atoms with Gasteiger partial charge in [-0.1, -0.05) is 27.7 Å². The fourth-order valence-electron chi connectivity index (χ4n) is 3.14. The first kappa shape index (κ1) is 15.3. The summed E-state index contributed by atoms with van der Waals surface area (Å²) < 4.78 is 0. The second kappa shape index (κ2) is 5.74. The molecule has 20 heavy (non-hydrogen) atoms. The van der Waals surface area contributed by atoms with Gasteiger partial charge in [-0.05, 0) is 31.6 Å². The molecule has 0 aromatic rings. The van der Waals surface area contributed by atoms with Crippen molar-refractivity contribution in [1.82, 2.24) is 9.80 Å². The second-order valence-corrected chi connectivity index (χ2v) is 7.41. The molecule has 4 heteroatoms. The molecule has 0 saturated carbocycles. The maximum absolute atomic E-state index is 12.7. The summed E-state index contributed by atoms with van der Waals surface area (Å²) >= 11 is 0. The number of rotatable bonds is 1. The van der Waals surface area contributed by atoms with E-state index in [-0.39, 0.29) is 17.9 Å². The summed E-state index contributed by atoms with van der Waals surface area (Å²) in [5.74, 6) is 1.00. The highest BCUT2D eigenvalue weighted by Crippen LogP contribution is 2.27. The lowest BCUT2D eigenvalue weighted by Gasteiger charge is -2.36. The molecule has 1 atom stereocenters. The van der Waals surface area contributed by atoms with Gasteiger partial charge in [-0.15, -0.1) is 0 Å². The van der Waals surface area contributed by atoms with E-state index in [1.54, 1.807) is 0 Å². The normalized spacial score (nSPS) is 25.1. The van der Waals surface area contributed by atoms with Crippen molar-refractivity contribution in [1.29, 1.82) is 0 Å². The van der Waals surface area contributed by atoms with Gasteiger partial charge in [-0.3, -0.25) is 9.59 Å². The van der Waals surface area contributed by atoms with Gasteiger partial charge in [0.2, 0.25) is 11.8 Å². The Morgan fingerprint density at radius 1 is 1.00 bits per heavy atom. The molecule has 2 aliphatic rings. The van der Waals surface area contributed by atoms with Crippen LogP contribution in [-0.2, 0) is 9.59 Å². The van der Waals surface area contributed by atoms with Crippen LogP contribution in [0.1, 0.15) is 53.4 Å². The average molecular weight is 280 g/mol. The molecule has 2 heterocycles. The highest BCUT2D eigenvalue weighted by Gasteiger charge is 2.40. The minimum atomic E-state index is -0.403. The summed E-state index contributed by atoms with van der Waals surface area (Å²) in [5, 5.41) is 0. The predicted octanol–water partition coefficient (Wildman–Crippen LogP) is 2.28. The molecule has 0 bridgehead atoms. The number of piperidine rings is 1. The Labute approximate surface area is 122 Å². The van der Waals surface area contributed by atoms with Crippen LogP contribution >= 0.6 is 0 Å². The number of likely N-dealkylation sites (tertiary alicyclic amines) is 2. The maximum atomic E-state index is 12.7. The van der Waals surface area contributed by atoms with Crippen molar-refractivity contribution in [2.75, 3.05) is 19.6 Å². The quantitative estimate of drug-likeness (QED) is 0.739. The second-order valence-electron chi connectivity index (χ2n) is 7.41. The van der Waals surface area contributed by atoms with Crippen LogP contribution in [0, 0.1) is 11.3 Å². The largest absolute Gasteiger partial charge is 0.341 e. The Morgan fingerprint density at radius 2 is 1.60 bits per heavy atom. The fourth-order valence-corrected chi connectivity index (χ4v) is 3.14. The number of nitrogens with zero attached hydrogens (tertiary/aromatic N) is 2.